The molecule has 0 aliphatic carbocycles. The Morgan fingerprint density at radius 1 is 0.792 bits per heavy atom. The number of amides is 3. The summed E-state index contributed by atoms with van der Waals surface area (Å²) in [6.07, 6.45) is 1.26. The van der Waals surface area contributed by atoms with E-state index in [1.54, 1.807) is 72.8 Å². The molecule has 240 valence electrons. The Balaban J connectivity index is 1.41. The van der Waals surface area contributed by atoms with Gasteiger partial charge in [0.15, 0.2) is 0 Å². The zero-order valence-electron chi connectivity index (χ0n) is 25.7. The number of benzene rings is 5. The number of anilines is 2. The van der Waals surface area contributed by atoms with Crippen LogP contribution in [0.1, 0.15) is 26.7 Å². The van der Waals surface area contributed by atoms with Gasteiger partial charge in [0.05, 0.1) is 23.3 Å². The zero-order valence-corrected chi connectivity index (χ0v) is 26.5. The molecule has 0 aliphatic rings. The van der Waals surface area contributed by atoms with Crippen molar-refractivity contribution in [3.8, 4) is 5.75 Å². The number of hydrogen-bond acceptors (Lipinski definition) is 7. The smallest absolute Gasteiger partial charge is 0.276 e. The number of ether oxygens (including phenoxy) is 1. The summed E-state index contributed by atoms with van der Waals surface area (Å²) >= 11 is 1.28. The van der Waals surface area contributed by atoms with Crippen molar-refractivity contribution >= 4 is 52.6 Å². The van der Waals surface area contributed by atoms with E-state index in [4.69, 9.17) is 4.74 Å². The van der Waals surface area contributed by atoms with Crippen LogP contribution in [0.25, 0.3) is 6.08 Å². The number of nitro groups is 1. The molecule has 1 unspecified atom stereocenters. The molecule has 0 spiro atoms. The molecule has 0 fully saturated rings. The van der Waals surface area contributed by atoms with Gasteiger partial charge in [0, 0.05) is 22.2 Å². The second kappa shape index (κ2) is 15.9. The Labute approximate surface area is 281 Å². The van der Waals surface area contributed by atoms with Crippen LogP contribution in [0.3, 0.4) is 0 Å². The summed E-state index contributed by atoms with van der Waals surface area (Å²) in [5, 5.41) is 19.3. The van der Waals surface area contributed by atoms with Gasteiger partial charge in [0.1, 0.15) is 16.7 Å². The van der Waals surface area contributed by atoms with Gasteiger partial charge >= 0.3 is 0 Å². The van der Waals surface area contributed by atoms with Crippen molar-refractivity contribution in [2.24, 2.45) is 0 Å². The fourth-order valence-corrected chi connectivity index (χ4v) is 5.79. The Morgan fingerprint density at radius 2 is 1.46 bits per heavy atom. The van der Waals surface area contributed by atoms with Crippen molar-refractivity contribution in [3.05, 3.63) is 166 Å². The number of para-hydroxylation sites is 3. The maximum atomic E-state index is 13.7. The first kappa shape index (κ1) is 33.2. The first-order valence-corrected chi connectivity index (χ1v) is 15.6. The summed E-state index contributed by atoms with van der Waals surface area (Å²) in [5.41, 5.74) is 1.69. The number of hydrogen-bond donors (Lipinski definition) is 3. The monoisotopic (exact) mass is 658 g/mol. The number of thioether (sulfide) groups is 1. The second-order valence-electron chi connectivity index (χ2n) is 10.3. The number of nitrogens with zero attached hydrogens (tertiary/aromatic N) is 1. The van der Waals surface area contributed by atoms with E-state index in [0.29, 0.717) is 27.6 Å². The van der Waals surface area contributed by atoms with E-state index in [1.807, 2.05) is 42.5 Å². The molecular weight excluding hydrogens is 628 g/mol. The molecule has 48 heavy (non-hydrogen) atoms. The topological polar surface area (TPSA) is 140 Å². The van der Waals surface area contributed by atoms with Crippen molar-refractivity contribution < 1.29 is 24.0 Å². The lowest BCUT2D eigenvalue weighted by Gasteiger charge is -2.19. The third-order valence-electron chi connectivity index (χ3n) is 7.01. The summed E-state index contributed by atoms with van der Waals surface area (Å²) in [7, 11) is 1.53. The van der Waals surface area contributed by atoms with Crippen LogP contribution in [-0.4, -0.2) is 29.8 Å². The van der Waals surface area contributed by atoms with Crippen molar-refractivity contribution in [1.29, 1.82) is 0 Å². The van der Waals surface area contributed by atoms with Crippen LogP contribution in [0, 0.1) is 10.1 Å². The molecule has 5 aromatic carbocycles. The minimum absolute atomic E-state index is 0.136. The second-order valence-corrected chi connectivity index (χ2v) is 11.5. The molecule has 0 bridgehead atoms. The van der Waals surface area contributed by atoms with E-state index in [9.17, 15) is 24.5 Å². The van der Waals surface area contributed by atoms with Crippen LogP contribution in [0.5, 0.6) is 5.75 Å². The molecule has 11 heteroatoms. The highest BCUT2D eigenvalue weighted by atomic mass is 32.2. The first-order valence-electron chi connectivity index (χ1n) is 14.7. The van der Waals surface area contributed by atoms with Crippen LogP contribution in [0.2, 0.25) is 0 Å². The molecule has 0 heterocycles. The molecule has 0 saturated carbocycles. The Bertz CT molecular complexity index is 1970. The van der Waals surface area contributed by atoms with Gasteiger partial charge in [-0.05, 0) is 60.2 Å². The third kappa shape index (κ3) is 8.53. The van der Waals surface area contributed by atoms with Crippen molar-refractivity contribution in [1.82, 2.24) is 5.32 Å². The average Bonchev–Trinajstić information content (AvgIpc) is 3.11. The van der Waals surface area contributed by atoms with Gasteiger partial charge in [-0.1, -0.05) is 78.9 Å². The molecule has 5 rings (SSSR count). The Kier molecular flexibility index (Phi) is 11.0. The summed E-state index contributed by atoms with van der Waals surface area (Å²) in [6, 6.07) is 37.5. The minimum atomic E-state index is -0.701. The summed E-state index contributed by atoms with van der Waals surface area (Å²) < 4.78 is 5.40. The normalized spacial score (nSPS) is 11.6. The number of nitro benzene ring substituents is 1. The Morgan fingerprint density at radius 3 is 2.19 bits per heavy atom. The van der Waals surface area contributed by atoms with E-state index in [1.165, 1.54) is 43.1 Å². The number of carbonyl (C=O) groups is 3. The van der Waals surface area contributed by atoms with E-state index >= 15 is 0 Å². The maximum Gasteiger partial charge on any atom is 0.276 e. The van der Waals surface area contributed by atoms with Gasteiger partial charge in [-0.3, -0.25) is 24.5 Å². The zero-order chi connectivity index (χ0) is 33.9. The molecule has 3 amide bonds. The van der Waals surface area contributed by atoms with Gasteiger partial charge in [-0.15, -0.1) is 11.8 Å². The summed E-state index contributed by atoms with van der Waals surface area (Å²) in [4.78, 5) is 52.1. The predicted octanol–water partition coefficient (Wildman–Crippen LogP) is 7.49. The Hall–Kier alpha value is -6.20. The molecule has 0 radical (unpaired) electrons. The summed E-state index contributed by atoms with van der Waals surface area (Å²) in [6.45, 7) is 0. The maximum absolute atomic E-state index is 13.7. The number of rotatable bonds is 12. The van der Waals surface area contributed by atoms with E-state index in [-0.39, 0.29) is 22.9 Å². The highest BCUT2D eigenvalue weighted by molar-refractivity contribution is 8.00. The van der Waals surface area contributed by atoms with Crippen molar-refractivity contribution in [2.45, 2.75) is 10.1 Å². The minimum Gasteiger partial charge on any atom is -0.495 e. The van der Waals surface area contributed by atoms with Crippen LogP contribution in [-0.2, 0) is 9.59 Å². The number of methoxy groups -OCH3 is 1. The molecule has 5 aromatic rings. The van der Waals surface area contributed by atoms with Gasteiger partial charge in [0.25, 0.3) is 17.5 Å². The van der Waals surface area contributed by atoms with Crippen molar-refractivity contribution in [3.63, 3.8) is 0 Å². The quantitative estimate of drug-likeness (QED) is 0.0546. The van der Waals surface area contributed by atoms with E-state index < -0.39 is 22.0 Å². The molecule has 10 nitrogen and oxygen atoms in total. The lowest BCUT2D eigenvalue weighted by Crippen LogP contribution is -2.30. The average molecular weight is 659 g/mol. The highest BCUT2D eigenvalue weighted by Gasteiger charge is 2.24. The molecule has 0 saturated heterocycles. The van der Waals surface area contributed by atoms with Crippen LogP contribution in [0.15, 0.2) is 144 Å². The number of nitrogens with one attached hydrogen (secondary N) is 3. The fraction of sp³-hybridized carbons (Fsp3) is 0.0541. The van der Waals surface area contributed by atoms with Crippen molar-refractivity contribution in [2.75, 3.05) is 17.7 Å². The molecule has 0 aromatic heterocycles. The van der Waals surface area contributed by atoms with Crippen LogP contribution in [0.4, 0.5) is 17.1 Å². The van der Waals surface area contributed by atoms with Crippen LogP contribution >= 0.6 is 11.8 Å². The van der Waals surface area contributed by atoms with E-state index in [0.717, 1.165) is 5.56 Å². The largest absolute Gasteiger partial charge is 0.495 e. The lowest BCUT2D eigenvalue weighted by atomic mass is 10.1. The first-order chi connectivity index (χ1) is 23.3. The number of carbonyl (C=O) groups excluding carboxylic acids is 3. The van der Waals surface area contributed by atoms with Gasteiger partial charge < -0.3 is 20.7 Å². The van der Waals surface area contributed by atoms with Gasteiger partial charge in [-0.2, -0.15) is 0 Å². The van der Waals surface area contributed by atoms with Gasteiger partial charge in [-0.25, -0.2) is 0 Å². The third-order valence-corrected chi connectivity index (χ3v) is 8.26. The molecular formula is C37H30N4O6S. The van der Waals surface area contributed by atoms with Gasteiger partial charge in [0.2, 0.25) is 5.91 Å². The summed E-state index contributed by atoms with van der Waals surface area (Å²) in [5.74, 6) is -1.01. The molecule has 0 aliphatic heterocycles. The predicted molar refractivity (Wildman–Crippen MR) is 187 cm³/mol. The standard InChI is InChI=1S/C37H30N4O6S/c1-47-33-22-11-9-20-30(33)39-37(44)34(25-13-4-2-5-14-25)48-29-19-12-18-28(24-29)38-36(43)31(40-35(42)26-15-6-3-7-16-26)23-27-17-8-10-21-32(27)41(45)46/h2-24,34H,1H3,(H,38,43)(H,39,44)(H,40,42)/b31-23+. The SMILES string of the molecule is COc1ccccc1NC(=O)C(Sc1cccc(NC(=O)/C(=C\c2ccccc2[N+](=O)[O-])NC(=O)c2ccccc2)c1)c1ccccc1. The van der Waals surface area contributed by atoms with E-state index in [2.05, 4.69) is 16.0 Å². The molecule has 3 N–H and O–H groups in total. The molecule has 1 atom stereocenters. The fourth-order valence-electron chi connectivity index (χ4n) is 4.70. The highest BCUT2D eigenvalue weighted by Crippen LogP contribution is 2.38. The van der Waals surface area contributed by atoms with Crippen LogP contribution < -0.4 is 20.7 Å². The lowest BCUT2D eigenvalue weighted by molar-refractivity contribution is -0.385.